The molecule has 1 aromatic rings. The number of carboxylic acid groups (broad SMARTS) is 1. The number of halogens is 1. The number of anilines is 1. The van der Waals surface area contributed by atoms with Gasteiger partial charge in [0.1, 0.15) is 13.2 Å². The van der Waals surface area contributed by atoms with Crippen LogP contribution in [0.2, 0.25) is 0 Å². The fourth-order valence-electron chi connectivity index (χ4n) is 1.31. The van der Waals surface area contributed by atoms with Crippen LogP contribution in [0.1, 0.15) is 5.56 Å². The molecule has 0 radical (unpaired) electrons. The SMILES string of the molecule is Cc1cc(Br)ccc1NC(=O)NC(=O)COCC(=O)O. The van der Waals surface area contributed by atoms with Crippen LogP contribution in [-0.4, -0.2) is 36.2 Å². The fourth-order valence-corrected chi connectivity index (χ4v) is 1.79. The van der Waals surface area contributed by atoms with Crippen molar-refractivity contribution in [3.63, 3.8) is 0 Å². The molecule has 108 valence electrons. The third-order valence-electron chi connectivity index (χ3n) is 2.15. The summed E-state index contributed by atoms with van der Waals surface area (Å²) in [6, 6.07) is 4.54. The number of rotatable bonds is 5. The molecule has 0 aliphatic heterocycles. The Bertz CT molecular complexity index is 533. The molecule has 3 amide bonds. The van der Waals surface area contributed by atoms with Crippen molar-refractivity contribution < 1.29 is 24.2 Å². The first-order valence-corrected chi connectivity index (χ1v) is 6.34. The second-order valence-electron chi connectivity index (χ2n) is 3.85. The van der Waals surface area contributed by atoms with Crippen LogP contribution in [0, 0.1) is 6.92 Å². The number of urea groups is 1. The molecule has 0 spiro atoms. The van der Waals surface area contributed by atoms with Gasteiger partial charge in [-0.2, -0.15) is 0 Å². The van der Waals surface area contributed by atoms with Crippen LogP contribution in [0.5, 0.6) is 0 Å². The first-order chi connectivity index (χ1) is 9.38. The highest BCUT2D eigenvalue weighted by Gasteiger charge is 2.10. The van der Waals surface area contributed by atoms with Gasteiger partial charge in [-0.1, -0.05) is 15.9 Å². The first-order valence-electron chi connectivity index (χ1n) is 5.55. The molecule has 1 aromatic carbocycles. The molecule has 0 saturated carbocycles. The maximum Gasteiger partial charge on any atom is 0.329 e. The minimum Gasteiger partial charge on any atom is -0.480 e. The van der Waals surface area contributed by atoms with Crippen LogP contribution in [0.3, 0.4) is 0 Å². The van der Waals surface area contributed by atoms with E-state index < -0.39 is 31.1 Å². The van der Waals surface area contributed by atoms with Gasteiger partial charge in [0.05, 0.1) is 0 Å². The maximum atomic E-state index is 11.5. The number of aryl methyl sites for hydroxylation is 1. The zero-order valence-electron chi connectivity index (χ0n) is 10.6. The lowest BCUT2D eigenvalue weighted by atomic mass is 10.2. The fraction of sp³-hybridized carbons (Fsp3) is 0.250. The molecule has 0 unspecified atom stereocenters. The minimum absolute atomic E-state index is 0.501. The molecule has 0 aliphatic carbocycles. The van der Waals surface area contributed by atoms with E-state index in [0.717, 1.165) is 10.0 Å². The summed E-state index contributed by atoms with van der Waals surface area (Å²) >= 11 is 3.30. The third kappa shape index (κ3) is 5.81. The molecule has 1 rings (SSSR count). The van der Waals surface area contributed by atoms with E-state index in [0.29, 0.717) is 5.69 Å². The number of hydrogen-bond acceptors (Lipinski definition) is 4. The number of nitrogens with one attached hydrogen (secondary N) is 2. The van der Waals surface area contributed by atoms with Crippen LogP contribution in [0.25, 0.3) is 0 Å². The Balaban J connectivity index is 2.43. The van der Waals surface area contributed by atoms with E-state index in [2.05, 4.69) is 26.0 Å². The summed E-state index contributed by atoms with van der Waals surface area (Å²) in [5, 5.41) is 12.8. The zero-order valence-corrected chi connectivity index (χ0v) is 12.2. The van der Waals surface area contributed by atoms with E-state index in [1.54, 1.807) is 19.1 Å². The molecule has 0 bridgehead atoms. The molecule has 0 atom stereocenters. The smallest absolute Gasteiger partial charge is 0.329 e. The van der Waals surface area contributed by atoms with E-state index >= 15 is 0 Å². The van der Waals surface area contributed by atoms with Crippen molar-refractivity contribution in [2.75, 3.05) is 18.5 Å². The van der Waals surface area contributed by atoms with Crippen molar-refractivity contribution in [3.8, 4) is 0 Å². The topological polar surface area (TPSA) is 105 Å². The van der Waals surface area contributed by atoms with E-state index in [9.17, 15) is 14.4 Å². The van der Waals surface area contributed by atoms with E-state index in [4.69, 9.17) is 5.11 Å². The van der Waals surface area contributed by atoms with Gasteiger partial charge >= 0.3 is 12.0 Å². The maximum absolute atomic E-state index is 11.5. The summed E-state index contributed by atoms with van der Waals surface area (Å²) in [6.45, 7) is 0.706. The van der Waals surface area contributed by atoms with E-state index in [1.165, 1.54) is 0 Å². The van der Waals surface area contributed by atoms with Crippen LogP contribution in [0.4, 0.5) is 10.5 Å². The molecular weight excluding hydrogens is 332 g/mol. The molecule has 8 heteroatoms. The lowest BCUT2D eigenvalue weighted by Crippen LogP contribution is -2.37. The lowest BCUT2D eigenvalue weighted by molar-refractivity contribution is -0.143. The molecule has 0 fully saturated rings. The van der Waals surface area contributed by atoms with Gasteiger partial charge in [-0.3, -0.25) is 10.1 Å². The predicted octanol–water partition coefficient (Wildman–Crippen LogP) is 1.51. The first kappa shape index (κ1) is 16.1. The van der Waals surface area contributed by atoms with Gasteiger partial charge in [0.2, 0.25) is 0 Å². The number of hydrogen-bond donors (Lipinski definition) is 3. The van der Waals surface area contributed by atoms with Gasteiger partial charge < -0.3 is 15.2 Å². The van der Waals surface area contributed by atoms with E-state index in [1.807, 2.05) is 11.4 Å². The van der Waals surface area contributed by atoms with Gasteiger partial charge in [-0.25, -0.2) is 9.59 Å². The number of benzene rings is 1. The molecule has 20 heavy (non-hydrogen) atoms. The van der Waals surface area contributed by atoms with Gasteiger partial charge in [0.25, 0.3) is 5.91 Å². The van der Waals surface area contributed by atoms with Gasteiger partial charge in [-0.05, 0) is 30.7 Å². The van der Waals surface area contributed by atoms with Crippen molar-refractivity contribution in [3.05, 3.63) is 28.2 Å². The average Bonchev–Trinajstić information content (AvgIpc) is 2.32. The normalized spacial score (nSPS) is 9.90. The summed E-state index contributed by atoms with van der Waals surface area (Å²) in [5.74, 6) is -1.91. The monoisotopic (exact) mass is 344 g/mol. The Hall–Kier alpha value is -1.93. The largest absolute Gasteiger partial charge is 0.480 e. The zero-order chi connectivity index (χ0) is 15.1. The van der Waals surface area contributed by atoms with Crippen LogP contribution in [0.15, 0.2) is 22.7 Å². The van der Waals surface area contributed by atoms with Crippen LogP contribution < -0.4 is 10.6 Å². The number of carboxylic acids is 1. The van der Waals surface area contributed by atoms with Crippen molar-refractivity contribution in [2.45, 2.75) is 6.92 Å². The number of carbonyl (C=O) groups excluding carboxylic acids is 2. The predicted molar refractivity (Wildman–Crippen MR) is 74.5 cm³/mol. The number of ether oxygens (including phenoxy) is 1. The second-order valence-corrected chi connectivity index (χ2v) is 4.76. The quantitative estimate of drug-likeness (QED) is 0.750. The molecule has 0 heterocycles. The third-order valence-corrected chi connectivity index (χ3v) is 2.64. The Labute approximate surface area is 123 Å². The summed E-state index contributed by atoms with van der Waals surface area (Å²) in [4.78, 5) is 33.0. The molecule has 7 nitrogen and oxygen atoms in total. The minimum atomic E-state index is -1.19. The highest BCUT2D eigenvalue weighted by molar-refractivity contribution is 9.10. The standard InChI is InChI=1S/C12H13BrN2O5/c1-7-4-8(13)2-3-9(7)14-12(19)15-10(16)5-20-6-11(17)18/h2-4H,5-6H2,1H3,(H,17,18)(H2,14,15,16,19). The Kier molecular flexibility index (Phi) is 6.13. The summed E-state index contributed by atoms with van der Waals surface area (Å²) in [7, 11) is 0. The highest BCUT2D eigenvalue weighted by atomic mass is 79.9. The summed E-state index contributed by atoms with van der Waals surface area (Å²) < 4.78 is 5.42. The highest BCUT2D eigenvalue weighted by Crippen LogP contribution is 2.19. The number of imide groups is 1. The second kappa shape index (κ2) is 7.61. The number of amides is 3. The van der Waals surface area contributed by atoms with Crippen molar-refractivity contribution in [1.29, 1.82) is 0 Å². The Morgan fingerprint density at radius 2 is 2.00 bits per heavy atom. The van der Waals surface area contributed by atoms with Gasteiger partial charge in [-0.15, -0.1) is 0 Å². The van der Waals surface area contributed by atoms with Crippen LogP contribution >= 0.6 is 15.9 Å². The molecular formula is C12H13BrN2O5. The van der Waals surface area contributed by atoms with Gasteiger partial charge in [0.15, 0.2) is 0 Å². The Morgan fingerprint density at radius 3 is 2.60 bits per heavy atom. The number of aliphatic carboxylic acids is 1. The van der Waals surface area contributed by atoms with Crippen LogP contribution in [-0.2, 0) is 14.3 Å². The van der Waals surface area contributed by atoms with Crippen molar-refractivity contribution in [1.82, 2.24) is 5.32 Å². The molecule has 3 N–H and O–H groups in total. The van der Waals surface area contributed by atoms with Gasteiger partial charge in [0, 0.05) is 10.2 Å². The molecule has 0 aliphatic rings. The molecule has 0 saturated heterocycles. The van der Waals surface area contributed by atoms with Crippen molar-refractivity contribution in [2.24, 2.45) is 0 Å². The molecule has 0 aromatic heterocycles. The average molecular weight is 345 g/mol. The van der Waals surface area contributed by atoms with E-state index in [-0.39, 0.29) is 0 Å². The number of carbonyl (C=O) groups is 3. The lowest BCUT2D eigenvalue weighted by Gasteiger charge is -2.09. The summed E-state index contributed by atoms with van der Waals surface area (Å²) in [5.41, 5.74) is 1.38. The Morgan fingerprint density at radius 1 is 1.30 bits per heavy atom. The summed E-state index contributed by atoms with van der Waals surface area (Å²) in [6.07, 6.45) is 0. The van der Waals surface area contributed by atoms with Crippen molar-refractivity contribution >= 4 is 39.5 Å².